The fourth-order valence-corrected chi connectivity index (χ4v) is 3.34. The van der Waals surface area contributed by atoms with Crippen molar-refractivity contribution in [3.63, 3.8) is 0 Å². The summed E-state index contributed by atoms with van der Waals surface area (Å²) in [4.78, 5) is 2.53. The molecule has 2 atom stereocenters. The first kappa shape index (κ1) is 14.9. The number of anilines is 1. The number of halogens is 1. The third kappa shape index (κ3) is 3.73. The number of hydrogen-bond donors (Lipinski definition) is 1. The Labute approximate surface area is 125 Å². The molecule has 0 spiro atoms. The van der Waals surface area contributed by atoms with Gasteiger partial charge in [0.2, 0.25) is 0 Å². The summed E-state index contributed by atoms with van der Waals surface area (Å²) in [7, 11) is 0. The van der Waals surface area contributed by atoms with Gasteiger partial charge in [0.05, 0.1) is 0 Å². The van der Waals surface area contributed by atoms with Crippen molar-refractivity contribution in [2.75, 3.05) is 18.0 Å². The third-order valence-electron chi connectivity index (χ3n) is 4.25. The van der Waals surface area contributed by atoms with Crippen molar-refractivity contribution in [2.45, 2.75) is 45.6 Å². The molecule has 2 unspecified atom stereocenters. The van der Waals surface area contributed by atoms with Gasteiger partial charge in [-0.05, 0) is 49.8 Å². The minimum atomic E-state index is 0.0910. The van der Waals surface area contributed by atoms with Gasteiger partial charge in [0.25, 0.3) is 0 Å². The number of nitrogens with zero attached hydrogens (tertiary/aromatic N) is 1. The van der Waals surface area contributed by atoms with E-state index in [0.717, 1.165) is 23.5 Å². The molecule has 1 saturated heterocycles. The summed E-state index contributed by atoms with van der Waals surface area (Å²) in [6.45, 7) is 6.70. The lowest BCUT2D eigenvalue weighted by Gasteiger charge is -2.27. The maximum atomic E-state index is 6.12. The van der Waals surface area contributed by atoms with E-state index in [1.165, 1.54) is 36.9 Å². The molecule has 19 heavy (non-hydrogen) atoms. The average Bonchev–Trinajstić information content (AvgIpc) is 2.63. The first-order chi connectivity index (χ1) is 9.11. The molecule has 0 amide bonds. The monoisotopic (exact) mass is 324 g/mol. The Balaban J connectivity index is 2.22. The summed E-state index contributed by atoms with van der Waals surface area (Å²) >= 11 is 3.59. The molecular formula is C16H25BrN2. The van der Waals surface area contributed by atoms with E-state index in [4.69, 9.17) is 5.73 Å². The van der Waals surface area contributed by atoms with Gasteiger partial charge in [-0.1, -0.05) is 35.3 Å². The summed E-state index contributed by atoms with van der Waals surface area (Å²) in [6.07, 6.45) is 5.28. The van der Waals surface area contributed by atoms with E-state index in [0.29, 0.717) is 0 Å². The van der Waals surface area contributed by atoms with Gasteiger partial charge in [-0.2, -0.15) is 0 Å². The van der Waals surface area contributed by atoms with Crippen LogP contribution in [0, 0.1) is 5.92 Å². The van der Waals surface area contributed by atoms with Crippen LogP contribution in [-0.4, -0.2) is 13.1 Å². The molecule has 3 heteroatoms. The van der Waals surface area contributed by atoms with Crippen molar-refractivity contribution in [3.05, 3.63) is 28.2 Å². The highest BCUT2D eigenvalue weighted by molar-refractivity contribution is 9.10. The molecule has 1 fully saturated rings. The van der Waals surface area contributed by atoms with Crippen LogP contribution in [0.5, 0.6) is 0 Å². The van der Waals surface area contributed by atoms with Gasteiger partial charge in [-0.25, -0.2) is 0 Å². The first-order valence-corrected chi connectivity index (χ1v) is 8.21. The van der Waals surface area contributed by atoms with Gasteiger partial charge < -0.3 is 10.6 Å². The molecule has 1 aromatic carbocycles. The van der Waals surface area contributed by atoms with E-state index >= 15 is 0 Å². The Morgan fingerprint density at radius 3 is 2.84 bits per heavy atom. The zero-order valence-corrected chi connectivity index (χ0v) is 13.6. The van der Waals surface area contributed by atoms with Crippen LogP contribution in [0.4, 0.5) is 5.69 Å². The zero-order valence-electron chi connectivity index (χ0n) is 12.0. The van der Waals surface area contributed by atoms with Gasteiger partial charge >= 0.3 is 0 Å². The summed E-state index contributed by atoms with van der Waals surface area (Å²) < 4.78 is 1.14. The van der Waals surface area contributed by atoms with Crippen LogP contribution in [0.1, 0.15) is 51.1 Å². The maximum Gasteiger partial charge on any atom is 0.0425 e. The number of benzene rings is 1. The van der Waals surface area contributed by atoms with Gasteiger partial charge in [-0.15, -0.1) is 0 Å². The zero-order chi connectivity index (χ0) is 13.8. The second-order valence-corrected chi connectivity index (χ2v) is 6.60. The van der Waals surface area contributed by atoms with E-state index in [9.17, 15) is 0 Å². The largest absolute Gasteiger partial charge is 0.371 e. The highest BCUT2D eigenvalue weighted by Crippen LogP contribution is 2.31. The number of hydrogen-bond acceptors (Lipinski definition) is 2. The molecule has 0 bridgehead atoms. The Bertz CT molecular complexity index is 417. The van der Waals surface area contributed by atoms with Crippen LogP contribution in [0.15, 0.2) is 22.7 Å². The predicted octanol–water partition coefficient (Wildman–Crippen LogP) is 4.49. The molecule has 1 aliphatic rings. The van der Waals surface area contributed by atoms with Crippen LogP contribution in [0.3, 0.4) is 0 Å². The van der Waals surface area contributed by atoms with E-state index in [-0.39, 0.29) is 6.04 Å². The molecule has 1 heterocycles. The molecule has 1 aromatic rings. The summed E-state index contributed by atoms with van der Waals surface area (Å²) in [6, 6.07) is 6.57. The Kier molecular flexibility index (Phi) is 5.28. The van der Waals surface area contributed by atoms with Crippen LogP contribution in [0.2, 0.25) is 0 Å². The summed E-state index contributed by atoms with van der Waals surface area (Å²) in [5, 5.41) is 0. The standard InChI is InChI=1S/C16H25BrN2/c1-3-13-5-4-9-19(10-8-13)16-11-14(17)6-7-15(16)12(2)18/h6-7,11-13H,3-5,8-10,18H2,1-2H3. The Morgan fingerprint density at radius 1 is 1.37 bits per heavy atom. The van der Waals surface area contributed by atoms with Gasteiger partial charge in [0.1, 0.15) is 0 Å². The number of rotatable bonds is 3. The van der Waals surface area contributed by atoms with Crippen LogP contribution < -0.4 is 10.6 Å². The van der Waals surface area contributed by atoms with Crippen LogP contribution in [0.25, 0.3) is 0 Å². The minimum absolute atomic E-state index is 0.0910. The Hall–Kier alpha value is -0.540. The van der Waals surface area contributed by atoms with Gasteiger partial charge in [0, 0.05) is 29.3 Å². The lowest BCUT2D eigenvalue weighted by molar-refractivity contribution is 0.459. The molecule has 2 rings (SSSR count). The molecule has 106 valence electrons. The SMILES string of the molecule is CCC1CCCN(c2cc(Br)ccc2C(C)N)CC1. The molecule has 0 saturated carbocycles. The molecule has 0 aliphatic carbocycles. The van der Waals surface area contributed by atoms with Crippen molar-refractivity contribution >= 4 is 21.6 Å². The second kappa shape index (κ2) is 6.76. The molecule has 1 aliphatic heterocycles. The molecule has 0 aromatic heterocycles. The molecular weight excluding hydrogens is 300 g/mol. The van der Waals surface area contributed by atoms with Crippen molar-refractivity contribution < 1.29 is 0 Å². The topological polar surface area (TPSA) is 29.3 Å². The highest BCUT2D eigenvalue weighted by Gasteiger charge is 2.19. The van der Waals surface area contributed by atoms with Crippen LogP contribution in [-0.2, 0) is 0 Å². The quantitative estimate of drug-likeness (QED) is 0.887. The fourth-order valence-electron chi connectivity index (χ4n) is 2.99. The van der Waals surface area contributed by atoms with Gasteiger partial charge in [0.15, 0.2) is 0 Å². The lowest BCUT2D eigenvalue weighted by Crippen LogP contribution is -2.26. The first-order valence-electron chi connectivity index (χ1n) is 7.41. The normalized spacial score (nSPS) is 22.1. The smallest absolute Gasteiger partial charge is 0.0425 e. The summed E-state index contributed by atoms with van der Waals surface area (Å²) in [5.74, 6) is 0.899. The molecule has 2 nitrogen and oxygen atoms in total. The second-order valence-electron chi connectivity index (χ2n) is 5.68. The maximum absolute atomic E-state index is 6.12. The minimum Gasteiger partial charge on any atom is -0.371 e. The van der Waals surface area contributed by atoms with E-state index in [2.05, 4.69) is 52.9 Å². The van der Waals surface area contributed by atoms with E-state index in [1.54, 1.807) is 0 Å². The fraction of sp³-hybridized carbons (Fsp3) is 0.625. The van der Waals surface area contributed by atoms with Crippen molar-refractivity contribution in [1.29, 1.82) is 0 Å². The predicted molar refractivity (Wildman–Crippen MR) is 86.6 cm³/mol. The van der Waals surface area contributed by atoms with E-state index in [1.807, 2.05) is 0 Å². The Morgan fingerprint density at radius 2 is 2.16 bits per heavy atom. The molecule has 0 radical (unpaired) electrons. The molecule has 2 N–H and O–H groups in total. The summed E-state index contributed by atoms with van der Waals surface area (Å²) in [5.41, 5.74) is 8.70. The third-order valence-corrected chi connectivity index (χ3v) is 4.74. The van der Waals surface area contributed by atoms with Crippen LogP contribution >= 0.6 is 15.9 Å². The average molecular weight is 325 g/mol. The van der Waals surface area contributed by atoms with Crippen molar-refractivity contribution in [2.24, 2.45) is 11.7 Å². The van der Waals surface area contributed by atoms with Crippen molar-refractivity contribution in [3.8, 4) is 0 Å². The van der Waals surface area contributed by atoms with Crippen molar-refractivity contribution in [1.82, 2.24) is 0 Å². The van der Waals surface area contributed by atoms with E-state index < -0.39 is 0 Å². The van der Waals surface area contributed by atoms with Gasteiger partial charge in [-0.3, -0.25) is 0 Å². The lowest BCUT2D eigenvalue weighted by atomic mass is 9.98. The highest BCUT2D eigenvalue weighted by atomic mass is 79.9. The number of nitrogens with two attached hydrogens (primary N) is 1.